The SMILES string of the molecule is CC(N)CSCC(=O)NCCc1ccc(F)cc1. The van der Waals surface area contributed by atoms with Crippen LogP contribution in [0.1, 0.15) is 12.5 Å². The molecule has 0 aliphatic carbocycles. The van der Waals surface area contributed by atoms with Crippen LogP contribution >= 0.6 is 11.8 Å². The normalized spacial score (nSPS) is 12.2. The van der Waals surface area contributed by atoms with Crippen LogP contribution in [0.3, 0.4) is 0 Å². The van der Waals surface area contributed by atoms with Gasteiger partial charge in [-0.15, -0.1) is 0 Å². The van der Waals surface area contributed by atoms with Gasteiger partial charge in [0, 0.05) is 18.3 Å². The Morgan fingerprint density at radius 2 is 2.11 bits per heavy atom. The van der Waals surface area contributed by atoms with E-state index < -0.39 is 0 Å². The van der Waals surface area contributed by atoms with Crippen molar-refractivity contribution in [2.45, 2.75) is 19.4 Å². The number of rotatable bonds is 7. The van der Waals surface area contributed by atoms with Crippen molar-refractivity contribution in [1.29, 1.82) is 0 Å². The van der Waals surface area contributed by atoms with E-state index in [1.807, 2.05) is 6.92 Å². The van der Waals surface area contributed by atoms with Gasteiger partial charge in [0.25, 0.3) is 0 Å². The monoisotopic (exact) mass is 270 g/mol. The molecule has 1 aromatic carbocycles. The lowest BCUT2D eigenvalue weighted by molar-refractivity contribution is -0.118. The molecule has 1 aromatic rings. The van der Waals surface area contributed by atoms with Gasteiger partial charge in [-0.25, -0.2) is 4.39 Å². The molecule has 0 radical (unpaired) electrons. The van der Waals surface area contributed by atoms with Crippen LogP contribution in [0.25, 0.3) is 0 Å². The van der Waals surface area contributed by atoms with E-state index in [-0.39, 0.29) is 17.8 Å². The molecule has 0 aliphatic rings. The van der Waals surface area contributed by atoms with E-state index in [1.54, 1.807) is 12.1 Å². The topological polar surface area (TPSA) is 55.1 Å². The van der Waals surface area contributed by atoms with Gasteiger partial charge in [-0.1, -0.05) is 12.1 Å². The molecule has 1 atom stereocenters. The number of hydrogen-bond acceptors (Lipinski definition) is 3. The predicted octanol–water partition coefficient (Wildman–Crippen LogP) is 1.56. The van der Waals surface area contributed by atoms with E-state index >= 15 is 0 Å². The maximum absolute atomic E-state index is 12.7. The zero-order valence-electron chi connectivity index (χ0n) is 10.5. The zero-order valence-corrected chi connectivity index (χ0v) is 11.3. The third-order valence-corrected chi connectivity index (χ3v) is 3.49. The first-order valence-electron chi connectivity index (χ1n) is 5.92. The maximum atomic E-state index is 12.7. The fraction of sp³-hybridized carbons (Fsp3) is 0.462. The number of amides is 1. The van der Waals surface area contributed by atoms with Gasteiger partial charge < -0.3 is 11.1 Å². The molecule has 18 heavy (non-hydrogen) atoms. The van der Waals surface area contributed by atoms with E-state index in [9.17, 15) is 9.18 Å². The highest BCUT2D eigenvalue weighted by atomic mass is 32.2. The molecule has 0 bridgehead atoms. The standard InChI is InChI=1S/C13H19FN2OS/c1-10(15)8-18-9-13(17)16-7-6-11-2-4-12(14)5-3-11/h2-5,10H,6-9,15H2,1H3,(H,16,17). The molecular weight excluding hydrogens is 251 g/mol. The zero-order chi connectivity index (χ0) is 13.4. The molecule has 5 heteroatoms. The largest absolute Gasteiger partial charge is 0.355 e. The quantitative estimate of drug-likeness (QED) is 0.790. The van der Waals surface area contributed by atoms with E-state index in [4.69, 9.17) is 5.73 Å². The van der Waals surface area contributed by atoms with E-state index in [0.29, 0.717) is 18.7 Å². The van der Waals surface area contributed by atoms with Crippen LogP contribution in [-0.4, -0.2) is 30.0 Å². The fourth-order valence-electron chi connectivity index (χ4n) is 1.39. The van der Waals surface area contributed by atoms with E-state index in [0.717, 1.165) is 11.3 Å². The molecule has 1 unspecified atom stereocenters. The number of nitrogens with one attached hydrogen (secondary N) is 1. The number of halogens is 1. The summed E-state index contributed by atoms with van der Waals surface area (Å²) in [6, 6.07) is 6.42. The van der Waals surface area contributed by atoms with Crippen LogP contribution in [0, 0.1) is 5.82 Å². The molecule has 0 aromatic heterocycles. The summed E-state index contributed by atoms with van der Waals surface area (Å²) in [7, 11) is 0. The minimum Gasteiger partial charge on any atom is -0.355 e. The molecule has 0 saturated heterocycles. The second-order valence-corrected chi connectivity index (χ2v) is 5.25. The molecule has 3 nitrogen and oxygen atoms in total. The van der Waals surface area contributed by atoms with Crippen molar-refractivity contribution in [3.05, 3.63) is 35.6 Å². The lowest BCUT2D eigenvalue weighted by atomic mass is 10.1. The Morgan fingerprint density at radius 1 is 1.44 bits per heavy atom. The fourth-order valence-corrected chi connectivity index (χ4v) is 2.16. The number of thioether (sulfide) groups is 1. The second kappa shape index (κ2) is 8.11. The predicted molar refractivity (Wildman–Crippen MR) is 74.1 cm³/mol. The van der Waals surface area contributed by atoms with Crippen molar-refractivity contribution < 1.29 is 9.18 Å². The molecule has 0 heterocycles. The molecule has 1 amide bonds. The van der Waals surface area contributed by atoms with Gasteiger partial charge in [-0.3, -0.25) is 4.79 Å². The maximum Gasteiger partial charge on any atom is 0.230 e. The van der Waals surface area contributed by atoms with Gasteiger partial charge in [0.15, 0.2) is 0 Å². The smallest absolute Gasteiger partial charge is 0.230 e. The lowest BCUT2D eigenvalue weighted by Crippen LogP contribution is -2.28. The number of hydrogen-bond donors (Lipinski definition) is 2. The third kappa shape index (κ3) is 6.61. The molecule has 0 spiro atoms. The van der Waals surface area contributed by atoms with Gasteiger partial charge >= 0.3 is 0 Å². The second-order valence-electron chi connectivity index (χ2n) is 4.22. The summed E-state index contributed by atoms with van der Waals surface area (Å²) in [6.45, 7) is 2.49. The summed E-state index contributed by atoms with van der Waals surface area (Å²) in [5.74, 6) is 0.994. The van der Waals surface area contributed by atoms with Crippen molar-refractivity contribution in [3.63, 3.8) is 0 Å². The Bertz CT molecular complexity index is 368. The van der Waals surface area contributed by atoms with E-state index in [2.05, 4.69) is 5.32 Å². The van der Waals surface area contributed by atoms with Gasteiger partial charge in [-0.2, -0.15) is 11.8 Å². The Balaban J connectivity index is 2.13. The van der Waals surface area contributed by atoms with Crippen molar-refractivity contribution in [2.75, 3.05) is 18.1 Å². The Kier molecular flexibility index (Phi) is 6.75. The summed E-state index contributed by atoms with van der Waals surface area (Å²) in [5.41, 5.74) is 6.60. The summed E-state index contributed by atoms with van der Waals surface area (Å²) >= 11 is 1.53. The van der Waals surface area contributed by atoms with E-state index in [1.165, 1.54) is 23.9 Å². The number of carbonyl (C=O) groups is 1. The van der Waals surface area contributed by atoms with Crippen molar-refractivity contribution >= 4 is 17.7 Å². The van der Waals surface area contributed by atoms with Gasteiger partial charge in [0.05, 0.1) is 5.75 Å². The molecule has 0 saturated carbocycles. The number of carbonyl (C=O) groups excluding carboxylic acids is 1. The first-order chi connectivity index (χ1) is 8.58. The molecule has 0 aliphatic heterocycles. The summed E-state index contributed by atoms with van der Waals surface area (Å²) in [6.07, 6.45) is 0.712. The van der Waals surface area contributed by atoms with Crippen LogP contribution in [0.4, 0.5) is 4.39 Å². The third-order valence-electron chi connectivity index (χ3n) is 2.26. The summed E-state index contributed by atoms with van der Waals surface area (Å²) in [5, 5.41) is 2.83. The molecular formula is C13H19FN2OS. The molecule has 0 fully saturated rings. The molecule has 3 N–H and O–H groups in total. The summed E-state index contributed by atoms with van der Waals surface area (Å²) < 4.78 is 12.7. The average molecular weight is 270 g/mol. The highest BCUT2D eigenvalue weighted by Crippen LogP contribution is 2.03. The van der Waals surface area contributed by atoms with Crippen LogP contribution in [-0.2, 0) is 11.2 Å². The molecule has 1 rings (SSSR count). The van der Waals surface area contributed by atoms with Gasteiger partial charge in [0.2, 0.25) is 5.91 Å². The van der Waals surface area contributed by atoms with Crippen molar-refractivity contribution in [2.24, 2.45) is 5.73 Å². The summed E-state index contributed by atoms with van der Waals surface area (Å²) in [4.78, 5) is 11.4. The first-order valence-corrected chi connectivity index (χ1v) is 7.08. The van der Waals surface area contributed by atoms with Crippen molar-refractivity contribution in [1.82, 2.24) is 5.32 Å². The van der Waals surface area contributed by atoms with Crippen molar-refractivity contribution in [3.8, 4) is 0 Å². The highest BCUT2D eigenvalue weighted by Gasteiger charge is 2.02. The van der Waals surface area contributed by atoms with Crippen LogP contribution in [0.15, 0.2) is 24.3 Å². The first kappa shape index (κ1) is 15.0. The lowest BCUT2D eigenvalue weighted by Gasteiger charge is -2.06. The van der Waals surface area contributed by atoms with Crippen LogP contribution in [0.5, 0.6) is 0 Å². The van der Waals surface area contributed by atoms with Gasteiger partial charge in [0.1, 0.15) is 5.82 Å². The average Bonchev–Trinajstić information content (AvgIpc) is 2.31. The minimum atomic E-state index is -0.241. The Hall–Kier alpha value is -1.07. The highest BCUT2D eigenvalue weighted by molar-refractivity contribution is 7.99. The number of benzene rings is 1. The number of nitrogens with two attached hydrogens (primary N) is 1. The van der Waals surface area contributed by atoms with Gasteiger partial charge in [-0.05, 0) is 31.0 Å². The van der Waals surface area contributed by atoms with Crippen LogP contribution < -0.4 is 11.1 Å². The Morgan fingerprint density at radius 3 is 2.72 bits per heavy atom. The minimum absolute atomic E-state index is 0.0164. The van der Waals surface area contributed by atoms with Crippen LogP contribution in [0.2, 0.25) is 0 Å². The Labute approximate surface area is 111 Å². The molecule has 100 valence electrons.